The fraction of sp³-hybridized carbons (Fsp3) is 0.647. The van der Waals surface area contributed by atoms with Crippen LogP contribution < -0.4 is 4.90 Å². The van der Waals surface area contributed by atoms with Crippen molar-refractivity contribution in [2.45, 2.75) is 44.2 Å². The maximum atomic E-state index is 10.2. The van der Waals surface area contributed by atoms with E-state index < -0.39 is 0 Å². The lowest BCUT2D eigenvalue weighted by molar-refractivity contribution is 0.0681. The van der Waals surface area contributed by atoms with Crippen LogP contribution in [0.5, 0.6) is 0 Å². The molecule has 0 radical (unpaired) electrons. The van der Waals surface area contributed by atoms with Crippen LogP contribution in [0.1, 0.15) is 44.3 Å². The summed E-state index contributed by atoms with van der Waals surface area (Å²) in [5.41, 5.74) is 2.51. The van der Waals surface area contributed by atoms with Crippen LogP contribution in [0.3, 0.4) is 0 Å². The SMILES string of the molecule is CC[C@@H](O)c1ccccc1N(C)CC1(N(C)C)CCC1. The lowest BCUT2D eigenvalue weighted by Gasteiger charge is -2.49. The maximum absolute atomic E-state index is 10.2. The minimum absolute atomic E-state index is 0.305. The zero-order chi connectivity index (χ0) is 14.8. The van der Waals surface area contributed by atoms with E-state index in [0.717, 1.165) is 24.2 Å². The van der Waals surface area contributed by atoms with E-state index in [1.807, 2.05) is 19.1 Å². The quantitative estimate of drug-likeness (QED) is 0.865. The Labute approximate surface area is 123 Å². The lowest BCUT2D eigenvalue weighted by atomic mass is 9.75. The van der Waals surface area contributed by atoms with E-state index in [2.05, 4.69) is 43.1 Å². The Kier molecular flexibility index (Phi) is 4.71. The Morgan fingerprint density at radius 3 is 2.35 bits per heavy atom. The first-order valence-electron chi connectivity index (χ1n) is 7.66. The summed E-state index contributed by atoms with van der Waals surface area (Å²) in [6.07, 6.45) is 4.24. The molecule has 0 aromatic heterocycles. The van der Waals surface area contributed by atoms with Gasteiger partial charge in [0, 0.05) is 30.4 Å². The average molecular weight is 276 g/mol. The number of hydrogen-bond donors (Lipinski definition) is 1. The third-order valence-corrected chi connectivity index (χ3v) is 4.86. The van der Waals surface area contributed by atoms with E-state index in [0.29, 0.717) is 5.54 Å². The van der Waals surface area contributed by atoms with Crippen LogP contribution in [0, 0.1) is 0 Å². The normalized spacial score (nSPS) is 18.7. The van der Waals surface area contributed by atoms with Crippen molar-refractivity contribution in [3.05, 3.63) is 29.8 Å². The van der Waals surface area contributed by atoms with Crippen LogP contribution in [-0.2, 0) is 0 Å². The summed E-state index contributed by atoms with van der Waals surface area (Å²) in [5.74, 6) is 0. The van der Waals surface area contributed by atoms with Gasteiger partial charge in [-0.15, -0.1) is 0 Å². The first-order valence-corrected chi connectivity index (χ1v) is 7.66. The molecule has 3 heteroatoms. The number of likely N-dealkylation sites (N-methyl/N-ethyl adjacent to an activating group) is 2. The predicted octanol–water partition coefficient (Wildman–Crippen LogP) is 3.05. The minimum atomic E-state index is -0.370. The molecule has 1 fully saturated rings. The van der Waals surface area contributed by atoms with Crippen LogP contribution in [0.15, 0.2) is 24.3 Å². The summed E-state index contributed by atoms with van der Waals surface area (Å²) in [7, 11) is 6.50. The molecule has 112 valence electrons. The van der Waals surface area contributed by atoms with Gasteiger partial charge in [-0.05, 0) is 45.8 Å². The third kappa shape index (κ3) is 2.84. The fourth-order valence-corrected chi connectivity index (χ4v) is 3.20. The van der Waals surface area contributed by atoms with Crippen molar-refractivity contribution in [3.63, 3.8) is 0 Å². The number of aliphatic hydroxyl groups is 1. The third-order valence-electron chi connectivity index (χ3n) is 4.86. The summed E-state index contributed by atoms with van der Waals surface area (Å²) in [5, 5.41) is 10.2. The van der Waals surface area contributed by atoms with Gasteiger partial charge >= 0.3 is 0 Å². The first kappa shape index (κ1) is 15.3. The van der Waals surface area contributed by atoms with Crippen molar-refractivity contribution >= 4 is 5.69 Å². The molecule has 1 aromatic rings. The van der Waals surface area contributed by atoms with Crippen molar-refractivity contribution in [1.82, 2.24) is 4.90 Å². The molecule has 20 heavy (non-hydrogen) atoms. The molecule has 0 amide bonds. The van der Waals surface area contributed by atoms with Gasteiger partial charge in [0.1, 0.15) is 0 Å². The highest BCUT2D eigenvalue weighted by molar-refractivity contribution is 5.54. The Balaban J connectivity index is 2.19. The Bertz CT molecular complexity index is 440. The van der Waals surface area contributed by atoms with Crippen LogP contribution >= 0.6 is 0 Å². The molecule has 1 aliphatic carbocycles. The highest BCUT2D eigenvalue weighted by Gasteiger charge is 2.40. The predicted molar refractivity (Wildman–Crippen MR) is 85.2 cm³/mol. The highest BCUT2D eigenvalue weighted by Crippen LogP contribution is 2.38. The molecular formula is C17H28N2O. The molecule has 0 bridgehead atoms. The van der Waals surface area contributed by atoms with Gasteiger partial charge < -0.3 is 14.9 Å². The van der Waals surface area contributed by atoms with Crippen molar-refractivity contribution in [2.75, 3.05) is 32.6 Å². The molecule has 2 rings (SSSR count). The second-order valence-corrected chi connectivity index (χ2v) is 6.31. The smallest absolute Gasteiger partial charge is 0.0807 e. The number of anilines is 1. The van der Waals surface area contributed by atoms with Gasteiger partial charge in [-0.1, -0.05) is 25.1 Å². The van der Waals surface area contributed by atoms with E-state index in [1.165, 1.54) is 19.3 Å². The van der Waals surface area contributed by atoms with Gasteiger partial charge in [0.15, 0.2) is 0 Å². The van der Waals surface area contributed by atoms with E-state index in [4.69, 9.17) is 0 Å². The Morgan fingerprint density at radius 2 is 1.85 bits per heavy atom. The molecule has 0 aliphatic heterocycles. The van der Waals surface area contributed by atoms with Crippen molar-refractivity contribution < 1.29 is 5.11 Å². The number of nitrogens with zero attached hydrogens (tertiary/aromatic N) is 2. The monoisotopic (exact) mass is 276 g/mol. The molecule has 1 atom stereocenters. The van der Waals surface area contributed by atoms with Gasteiger partial charge in [0.25, 0.3) is 0 Å². The van der Waals surface area contributed by atoms with E-state index in [-0.39, 0.29) is 6.10 Å². The largest absolute Gasteiger partial charge is 0.388 e. The Morgan fingerprint density at radius 1 is 1.20 bits per heavy atom. The summed E-state index contributed by atoms with van der Waals surface area (Å²) in [6.45, 7) is 3.04. The van der Waals surface area contributed by atoms with Gasteiger partial charge in [-0.25, -0.2) is 0 Å². The molecule has 0 heterocycles. The molecule has 0 unspecified atom stereocenters. The van der Waals surface area contributed by atoms with Gasteiger partial charge in [0.2, 0.25) is 0 Å². The van der Waals surface area contributed by atoms with Crippen molar-refractivity contribution in [3.8, 4) is 0 Å². The van der Waals surface area contributed by atoms with Gasteiger partial charge in [0.05, 0.1) is 6.10 Å². The average Bonchev–Trinajstić information content (AvgIpc) is 2.41. The first-order chi connectivity index (χ1) is 9.50. The Hall–Kier alpha value is -1.06. The van der Waals surface area contributed by atoms with Crippen LogP contribution in [-0.4, -0.2) is 43.2 Å². The lowest BCUT2D eigenvalue weighted by Crippen LogP contribution is -2.56. The van der Waals surface area contributed by atoms with Crippen molar-refractivity contribution in [2.24, 2.45) is 0 Å². The number of para-hydroxylation sites is 1. The summed E-state index contributed by atoms with van der Waals surface area (Å²) in [4.78, 5) is 4.68. The molecule has 1 N–H and O–H groups in total. The summed E-state index contributed by atoms with van der Waals surface area (Å²) < 4.78 is 0. The maximum Gasteiger partial charge on any atom is 0.0807 e. The number of hydrogen-bond acceptors (Lipinski definition) is 3. The number of benzene rings is 1. The summed E-state index contributed by atoms with van der Waals surface area (Å²) in [6, 6.07) is 8.23. The molecule has 1 aromatic carbocycles. The minimum Gasteiger partial charge on any atom is -0.388 e. The second kappa shape index (κ2) is 6.15. The van der Waals surface area contributed by atoms with E-state index >= 15 is 0 Å². The molecule has 0 spiro atoms. The molecule has 1 saturated carbocycles. The van der Waals surface area contributed by atoms with Gasteiger partial charge in [-0.3, -0.25) is 0 Å². The molecular weight excluding hydrogens is 248 g/mol. The standard InChI is InChI=1S/C17H28N2O/c1-5-16(20)14-9-6-7-10-15(14)19(4)13-17(18(2)3)11-8-12-17/h6-7,9-10,16,20H,5,8,11-13H2,1-4H3/t16-/m1/s1. The zero-order valence-corrected chi connectivity index (χ0v) is 13.3. The van der Waals surface area contributed by atoms with E-state index in [9.17, 15) is 5.11 Å². The van der Waals surface area contributed by atoms with Crippen LogP contribution in [0.25, 0.3) is 0 Å². The fourth-order valence-electron chi connectivity index (χ4n) is 3.20. The number of rotatable bonds is 6. The second-order valence-electron chi connectivity index (χ2n) is 6.31. The molecule has 0 saturated heterocycles. The number of aliphatic hydroxyl groups excluding tert-OH is 1. The van der Waals surface area contributed by atoms with Crippen molar-refractivity contribution in [1.29, 1.82) is 0 Å². The van der Waals surface area contributed by atoms with Crippen LogP contribution in [0.4, 0.5) is 5.69 Å². The summed E-state index contributed by atoms with van der Waals surface area (Å²) >= 11 is 0. The molecule has 3 nitrogen and oxygen atoms in total. The van der Waals surface area contributed by atoms with E-state index in [1.54, 1.807) is 0 Å². The molecule has 1 aliphatic rings. The highest BCUT2D eigenvalue weighted by atomic mass is 16.3. The van der Waals surface area contributed by atoms with Gasteiger partial charge in [-0.2, -0.15) is 0 Å². The zero-order valence-electron chi connectivity index (χ0n) is 13.3. The van der Waals surface area contributed by atoms with Crippen LogP contribution in [0.2, 0.25) is 0 Å². The topological polar surface area (TPSA) is 26.7 Å².